The molecule has 106 valence electrons. The Bertz CT molecular complexity index is 508. The maximum atomic E-state index is 11.6. The standard InChI is InChI=1S/C17H20ClNO/c1-2-6-16(20)19-13-17(11-4-3-5-12-17)14-7-9-15(18)10-8-14/h6-10H,1,3-5,11-13H2,(H,19,20). The molecule has 1 amide bonds. The van der Waals surface area contributed by atoms with Crippen molar-refractivity contribution in [3.63, 3.8) is 0 Å². The van der Waals surface area contributed by atoms with Crippen LogP contribution in [0.2, 0.25) is 5.02 Å². The summed E-state index contributed by atoms with van der Waals surface area (Å²) in [5.41, 5.74) is 3.81. The fourth-order valence-electron chi connectivity index (χ4n) is 3.00. The lowest BCUT2D eigenvalue weighted by molar-refractivity contribution is -0.116. The van der Waals surface area contributed by atoms with E-state index in [1.807, 2.05) is 12.1 Å². The van der Waals surface area contributed by atoms with Crippen molar-refractivity contribution in [2.45, 2.75) is 37.5 Å². The highest BCUT2D eigenvalue weighted by molar-refractivity contribution is 6.30. The van der Waals surface area contributed by atoms with Crippen LogP contribution in [-0.4, -0.2) is 12.5 Å². The molecule has 0 radical (unpaired) electrons. The average Bonchev–Trinajstić information content (AvgIpc) is 2.47. The molecule has 1 aliphatic rings. The minimum atomic E-state index is -0.126. The van der Waals surface area contributed by atoms with Gasteiger partial charge in [0.1, 0.15) is 0 Å². The van der Waals surface area contributed by atoms with E-state index in [4.69, 9.17) is 11.6 Å². The van der Waals surface area contributed by atoms with Gasteiger partial charge in [0.25, 0.3) is 5.91 Å². The molecule has 1 fully saturated rings. The molecule has 0 heterocycles. The van der Waals surface area contributed by atoms with Gasteiger partial charge in [0.2, 0.25) is 0 Å². The first-order chi connectivity index (χ1) is 9.66. The van der Waals surface area contributed by atoms with Gasteiger partial charge in [-0.05, 0) is 30.5 Å². The third kappa shape index (κ3) is 3.53. The molecule has 0 bridgehead atoms. The third-order valence-corrected chi connectivity index (χ3v) is 4.35. The zero-order chi connectivity index (χ0) is 14.4. The first-order valence-electron chi connectivity index (χ1n) is 7.06. The Morgan fingerprint density at radius 1 is 1.30 bits per heavy atom. The van der Waals surface area contributed by atoms with Crippen molar-refractivity contribution in [1.29, 1.82) is 0 Å². The fraction of sp³-hybridized carbons (Fsp3) is 0.412. The molecule has 0 atom stereocenters. The van der Waals surface area contributed by atoms with Crippen molar-refractivity contribution in [3.05, 3.63) is 53.2 Å². The first kappa shape index (κ1) is 14.9. The average molecular weight is 290 g/mol. The van der Waals surface area contributed by atoms with Gasteiger partial charge in [0.05, 0.1) is 0 Å². The van der Waals surface area contributed by atoms with Crippen LogP contribution in [0.4, 0.5) is 0 Å². The van der Waals surface area contributed by atoms with Crippen molar-refractivity contribution in [1.82, 2.24) is 5.32 Å². The van der Waals surface area contributed by atoms with Gasteiger partial charge >= 0.3 is 0 Å². The molecule has 1 aromatic rings. The molecular formula is C17H20ClNO. The van der Waals surface area contributed by atoms with E-state index >= 15 is 0 Å². The zero-order valence-corrected chi connectivity index (χ0v) is 12.4. The second-order valence-corrected chi connectivity index (χ2v) is 5.85. The fourth-order valence-corrected chi connectivity index (χ4v) is 3.13. The molecule has 1 aromatic carbocycles. The summed E-state index contributed by atoms with van der Waals surface area (Å²) < 4.78 is 0. The summed E-state index contributed by atoms with van der Waals surface area (Å²) in [7, 11) is 0. The van der Waals surface area contributed by atoms with Gasteiger partial charge in [-0.15, -0.1) is 5.73 Å². The largest absolute Gasteiger partial charge is 0.351 e. The van der Waals surface area contributed by atoms with Crippen LogP contribution >= 0.6 is 11.6 Å². The Morgan fingerprint density at radius 3 is 2.55 bits per heavy atom. The third-order valence-electron chi connectivity index (χ3n) is 4.10. The second-order valence-electron chi connectivity index (χ2n) is 5.41. The Kier molecular flexibility index (Phi) is 5.05. The molecule has 3 heteroatoms. The highest BCUT2D eigenvalue weighted by Gasteiger charge is 2.33. The molecule has 2 nitrogen and oxygen atoms in total. The SMILES string of the molecule is C=C=CC(=O)NCC1(c2ccc(Cl)cc2)CCCCC1. The summed E-state index contributed by atoms with van der Waals surface area (Å²) in [5.74, 6) is -0.126. The quantitative estimate of drug-likeness (QED) is 0.659. The Morgan fingerprint density at radius 2 is 1.95 bits per heavy atom. The summed E-state index contributed by atoms with van der Waals surface area (Å²) in [4.78, 5) is 11.6. The lowest BCUT2D eigenvalue weighted by atomic mass is 9.69. The molecule has 2 rings (SSSR count). The van der Waals surface area contributed by atoms with Crippen molar-refractivity contribution < 1.29 is 4.79 Å². The van der Waals surface area contributed by atoms with Crippen LogP contribution in [-0.2, 0) is 10.2 Å². The van der Waals surface area contributed by atoms with Crippen molar-refractivity contribution >= 4 is 17.5 Å². The van der Waals surface area contributed by atoms with Crippen molar-refractivity contribution in [2.75, 3.05) is 6.54 Å². The number of rotatable bonds is 4. The first-order valence-corrected chi connectivity index (χ1v) is 7.44. The van der Waals surface area contributed by atoms with Crippen molar-refractivity contribution in [3.8, 4) is 0 Å². The summed E-state index contributed by atoms with van der Waals surface area (Å²) in [6.07, 6.45) is 7.24. The Hall–Kier alpha value is -1.50. The molecular weight excluding hydrogens is 270 g/mol. The van der Waals surface area contributed by atoms with Gasteiger partial charge in [-0.2, -0.15) is 0 Å². The van der Waals surface area contributed by atoms with E-state index in [1.165, 1.54) is 30.9 Å². The maximum Gasteiger partial charge on any atom is 0.251 e. The summed E-state index contributed by atoms with van der Waals surface area (Å²) in [5, 5.41) is 3.73. The molecule has 20 heavy (non-hydrogen) atoms. The molecule has 0 aliphatic heterocycles. The molecule has 0 spiro atoms. The Labute approximate surface area is 125 Å². The smallest absolute Gasteiger partial charge is 0.251 e. The Balaban J connectivity index is 2.19. The zero-order valence-electron chi connectivity index (χ0n) is 11.6. The van der Waals surface area contributed by atoms with E-state index < -0.39 is 0 Å². The molecule has 1 saturated carbocycles. The predicted molar refractivity (Wildman–Crippen MR) is 82.9 cm³/mol. The van der Waals surface area contributed by atoms with Crippen molar-refractivity contribution in [2.24, 2.45) is 0 Å². The van der Waals surface area contributed by atoms with Gasteiger partial charge < -0.3 is 5.32 Å². The number of hydrogen-bond acceptors (Lipinski definition) is 1. The van der Waals surface area contributed by atoms with Crippen LogP contribution in [0, 0.1) is 0 Å². The summed E-state index contributed by atoms with van der Waals surface area (Å²) >= 11 is 5.97. The predicted octanol–water partition coefficient (Wildman–Crippen LogP) is 4.00. The number of hydrogen-bond donors (Lipinski definition) is 1. The monoisotopic (exact) mass is 289 g/mol. The number of amides is 1. The van der Waals surface area contributed by atoms with E-state index in [0.717, 1.165) is 17.9 Å². The molecule has 0 unspecified atom stereocenters. The van der Waals surface area contributed by atoms with Gasteiger partial charge in [0.15, 0.2) is 0 Å². The van der Waals surface area contributed by atoms with Gasteiger partial charge in [0, 0.05) is 23.1 Å². The minimum Gasteiger partial charge on any atom is -0.351 e. The van der Waals surface area contributed by atoms with E-state index in [0.29, 0.717) is 6.54 Å². The molecule has 0 aromatic heterocycles. The van der Waals surface area contributed by atoms with Gasteiger partial charge in [-0.3, -0.25) is 4.79 Å². The number of halogens is 1. The second kappa shape index (κ2) is 6.78. The lowest BCUT2D eigenvalue weighted by Crippen LogP contribution is -2.41. The topological polar surface area (TPSA) is 29.1 Å². The number of nitrogens with one attached hydrogen (secondary N) is 1. The van der Waals surface area contributed by atoms with E-state index in [1.54, 1.807) is 0 Å². The highest BCUT2D eigenvalue weighted by Crippen LogP contribution is 2.39. The van der Waals surface area contributed by atoms with Crippen LogP contribution in [0.25, 0.3) is 0 Å². The maximum absolute atomic E-state index is 11.6. The molecule has 1 aliphatic carbocycles. The van der Waals surface area contributed by atoms with Gasteiger partial charge in [-0.1, -0.05) is 49.6 Å². The van der Waals surface area contributed by atoms with Crippen LogP contribution < -0.4 is 5.32 Å². The van der Waals surface area contributed by atoms with Crippen LogP contribution in [0.15, 0.2) is 42.7 Å². The summed E-state index contributed by atoms with van der Waals surface area (Å²) in [6, 6.07) is 8.03. The number of benzene rings is 1. The van der Waals surface area contributed by atoms with Crippen LogP contribution in [0.5, 0.6) is 0 Å². The summed E-state index contributed by atoms with van der Waals surface area (Å²) in [6.45, 7) is 4.08. The van der Waals surface area contributed by atoms with E-state index in [2.05, 4.69) is 29.8 Å². The molecule has 0 saturated heterocycles. The normalized spacial score (nSPS) is 17.1. The highest BCUT2D eigenvalue weighted by atomic mass is 35.5. The number of carbonyl (C=O) groups excluding carboxylic acids is 1. The minimum absolute atomic E-state index is 0.0352. The van der Waals surface area contributed by atoms with E-state index in [9.17, 15) is 4.79 Å². The van der Waals surface area contributed by atoms with Gasteiger partial charge in [-0.25, -0.2) is 0 Å². The van der Waals surface area contributed by atoms with Crippen LogP contribution in [0.3, 0.4) is 0 Å². The van der Waals surface area contributed by atoms with Crippen LogP contribution in [0.1, 0.15) is 37.7 Å². The lowest BCUT2D eigenvalue weighted by Gasteiger charge is -2.38. The van der Waals surface area contributed by atoms with E-state index in [-0.39, 0.29) is 11.3 Å². The molecule has 1 N–H and O–H groups in total. The number of carbonyl (C=O) groups is 1.